The second kappa shape index (κ2) is 4.76. The van der Waals surface area contributed by atoms with Gasteiger partial charge in [0.2, 0.25) is 0 Å². The van der Waals surface area contributed by atoms with Gasteiger partial charge in [-0.2, -0.15) is 18.3 Å². The Balaban J connectivity index is 2.32. The number of nitrogens with one attached hydrogen (secondary N) is 1. The van der Waals surface area contributed by atoms with Gasteiger partial charge >= 0.3 is 6.18 Å². The van der Waals surface area contributed by atoms with E-state index in [4.69, 9.17) is 0 Å². The minimum Gasteiger partial charge on any atom is -0.388 e. The molecule has 0 spiro atoms. The number of β-amino-alcohol motifs (C(OH)–C–C–N with tert-alkyl or cyclic N) is 1. The van der Waals surface area contributed by atoms with Gasteiger partial charge in [-0.05, 0) is 26.7 Å². The summed E-state index contributed by atoms with van der Waals surface area (Å²) in [4.78, 5) is 13.5. The molecule has 0 aliphatic carbocycles. The summed E-state index contributed by atoms with van der Waals surface area (Å²) in [5.41, 5.74) is -2.66. The number of carbonyl (C=O) groups is 1. The molecular formula is C12H16F3N3O2. The maximum atomic E-state index is 12.8. The number of aryl methyl sites for hydroxylation is 1. The smallest absolute Gasteiger partial charge is 0.388 e. The summed E-state index contributed by atoms with van der Waals surface area (Å²) in [6, 6.07) is 0. The highest BCUT2D eigenvalue weighted by Gasteiger charge is 2.41. The number of rotatable bonds is 1. The molecule has 1 aromatic heterocycles. The Morgan fingerprint density at radius 1 is 1.50 bits per heavy atom. The molecule has 112 valence electrons. The minimum atomic E-state index is -4.69. The van der Waals surface area contributed by atoms with Crippen LogP contribution < -0.4 is 0 Å². The average molecular weight is 291 g/mol. The Kier molecular flexibility index (Phi) is 3.53. The lowest BCUT2D eigenvalue weighted by Crippen LogP contribution is -2.48. The number of H-pyrrole nitrogens is 1. The predicted octanol–water partition coefficient (Wildman–Crippen LogP) is 1.72. The molecule has 0 bridgehead atoms. The number of alkyl halides is 3. The van der Waals surface area contributed by atoms with Crippen LogP contribution in [0.5, 0.6) is 0 Å². The van der Waals surface area contributed by atoms with Crippen molar-refractivity contribution >= 4 is 5.91 Å². The molecule has 20 heavy (non-hydrogen) atoms. The number of amides is 1. The largest absolute Gasteiger partial charge is 0.435 e. The van der Waals surface area contributed by atoms with Gasteiger partial charge in [0.25, 0.3) is 5.91 Å². The lowest BCUT2D eigenvalue weighted by atomic mass is 9.94. The second-order valence-electron chi connectivity index (χ2n) is 5.40. The number of aromatic nitrogens is 2. The molecule has 1 fully saturated rings. The molecule has 1 amide bonds. The number of likely N-dealkylation sites (tertiary alicyclic amines) is 1. The summed E-state index contributed by atoms with van der Waals surface area (Å²) < 4.78 is 38.5. The Morgan fingerprint density at radius 3 is 2.70 bits per heavy atom. The summed E-state index contributed by atoms with van der Waals surface area (Å²) in [7, 11) is 0. The number of carbonyl (C=O) groups excluding carboxylic acids is 1. The van der Waals surface area contributed by atoms with Crippen LogP contribution in [0.3, 0.4) is 0 Å². The van der Waals surface area contributed by atoms with Crippen LogP contribution in [-0.2, 0) is 6.18 Å². The van der Waals surface area contributed by atoms with Crippen LogP contribution in [0.4, 0.5) is 13.2 Å². The van der Waals surface area contributed by atoms with Gasteiger partial charge in [0.05, 0.1) is 11.2 Å². The normalized spacial score (nSPS) is 24.0. The Labute approximate surface area is 113 Å². The summed E-state index contributed by atoms with van der Waals surface area (Å²) in [5.74, 6) is -0.747. The van der Waals surface area contributed by atoms with E-state index in [0.29, 0.717) is 19.4 Å². The molecule has 0 saturated carbocycles. The van der Waals surface area contributed by atoms with Crippen molar-refractivity contribution in [3.8, 4) is 0 Å². The molecule has 1 atom stereocenters. The van der Waals surface area contributed by atoms with Crippen molar-refractivity contribution in [1.29, 1.82) is 0 Å². The minimum absolute atomic E-state index is 0.0216. The van der Waals surface area contributed by atoms with E-state index in [-0.39, 0.29) is 12.2 Å². The van der Waals surface area contributed by atoms with Crippen LogP contribution in [0.2, 0.25) is 0 Å². The number of aromatic amines is 1. The van der Waals surface area contributed by atoms with Gasteiger partial charge in [0, 0.05) is 18.8 Å². The third-order valence-electron chi connectivity index (χ3n) is 3.39. The van der Waals surface area contributed by atoms with Crippen LogP contribution in [0.1, 0.15) is 41.5 Å². The third-order valence-corrected chi connectivity index (χ3v) is 3.39. The number of halogens is 3. The summed E-state index contributed by atoms with van der Waals surface area (Å²) >= 11 is 0. The van der Waals surface area contributed by atoms with Gasteiger partial charge in [-0.15, -0.1) is 0 Å². The van der Waals surface area contributed by atoms with E-state index >= 15 is 0 Å². The molecule has 1 aliphatic rings. The molecule has 8 heteroatoms. The molecule has 1 aromatic rings. The van der Waals surface area contributed by atoms with Gasteiger partial charge in [0.1, 0.15) is 0 Å². The first-order chi connectivity index (χ1) is 9.12. The van der Waals surface area contributed by atoms with Crippen LogP contribution >= 0.6 is 0 Å². The van der Waals surface area contributed by atoms with E-state index < -0.39 is 28.9 Å². The first-order valence-corrected chi connectivity index (χ1v) is 6.26. The van der Waals surface area contributed by atoms with Crippen molar-refractivity contribution < 1.29 is 23.1 Å². The fourth-order valence-electron chi connectivity index (χ4n) is 2.45. The number of hydrogen-bond acceptors (Lipinski definition) is 3. The number of aliphatic hydroxyl groups is 1. The van der Waals surface area contributed by atoms with Gasteiger partial charge in [-0.25, -0.2) is 0 Å². The van der Waals surface area contributed by atoms with Crippen LogP contribution in [0, 0.1) is 6.92 Å². The molecule has 1 saturated heterocycles. The van der Waals surface area contributed by atoms with Crippen molar-refractivity contribution in [3.63, 3.8) is 0 Å². The predicted molar refractivity (Wildman–Crippen MR) is 64.1 cm³/mol. The molecular weight excluding hydrogens is 275 g/mol. The quantitative estimate of drug-likeness (QED) is 0.828. The molecule has 5 nitrogen and oxygen atoms in total. The Hall–Kier alpha value is -1.57. The SMILES string of the molecule is Cc1[nH]nc(C(F)(F)F)c1C(=O)N1CCCC(C)(O)C1. The van der Waals surface area contributed by atoms with Crippen molar-refractivity contribution in [1.82, 2.24) is 15.1 Å². The Morgan fingerprint density at radius 2 is 2.15 bits per heavy atom. The summed E-state index contributed by atoms with van der Waals surface area (Å²) in [6.07, 6.45) is -3.61. The number of piperidine rings is 1. The second-order valence-corrected chi connectivity index (χ2v) is 5.40. The average Bonchev–Trinajstić information content (AvgIpc) is 2.68. The fourth-order valence-corrected chi connectivity index (χ4v) is 2.45. The maximum Gasteiger partial charge on any atom is 0.435 e. The Bertz CT molecular complexity index is 523. The lowest BCUT2D eigenvalue weighted by Gasteiger charge is -2.36. The van der Waals surface area contributed by atoms with E-state index in [2.05, 4.69) is 10.2 Å². The highest BCUT2D eigenvalue weighted by Crippen LogP contribution is 2.33. The zero-order valence-corrected chi connectivity index (χ0v) is 11.2. The van der Waals surface area contributed by atoms with Gasteiger partial charge in [-0.3, -0.25) is 9.89 Å². The van der Waals surface area contributed by atoms with Gasteiger partial charge in [0.15, 0.2) is 5.69 Å². The van der Waals surface area contributed by atoms with Crippen molar-refractivity contribution in [2.24, 2.45) is 0 Å². The number of nitrogens with zero attached hydrogens (tertiary/aromatic N) is 2. The van der Waals surface area contributed by atoms with E-state index in [0.717, 1.165) is 0 Å². The standard InChI is InChI=1S/C12H16F3N3O2/c1-7-8(9(17-16-7)12(13,14)15)10(19)18-5-3-4-11(2,20)6-18/h20H,3-6H2,1-2H3,(H,16,17). The molecule has 0 radical (unpaired) electrons. The first-order valence-electron chi connectivity index (χ1n) is 6.26. The van der Waals surface area contributed by atoms with Crippen LogP contribution in [0.25, 0.3) is 0 Å². The zero-order chi connectivity index (χ0) is 15.1. The van der Waals surface area contributed by atoms with E-state index in [1.54, 1.807) is 6.92 Å². The van der Waals surface area contributed by atoms with E-state index in [1.807, 2.05) is 0 Å². The molecule has 1 aliphatic heterocycles. The molecule has 2 heterocycles. The van der Waals surface area contributed by atoms with Crippen LogP contribution in [0.15, 0.2) is 0 Å². The van der Waals surface area contributed by atoms with Crippen LogP contribution in [-0.4, -0.2) is 44.8 Å². The third kappa shape index (κ3) is 2.79. The van der Waals surface area contributed by atoms with Crippen molar-refractivity contribution in [2.45, 2.75) is 38.5 Å². The zero-order valence-electron chi connectivity index (χ0n) is 11.2. The molecule has 1 unspecified atom stereocenters. The fraction of sp³-hybridized carbons (Fsp3) is 0.667. The summed E-state index contributed by atoms with van der Waals surface area (Å²) in [6.45, 7) is 3.29. The highest BCUT2D eigenvalue weighted by atomic mass is 19.4. The molecule has 0 aromatic carbocycles. The first kappa shape index (κ1) is 14.8. The van der Waals surface area contributed by atoms with Gasteiger partial charge < -0.3 is 10.0 Å². The molecule has 2 N–H and O–H groups in total. The molecule has 2 rings (SSSR count). The topological polar surface area (TPSA) is 69.2 Å². The highest BCUT2D eigenvalue weighted by molar-refractivity contribution is 5.96. The monoisotopic (exact) mass is 291 g/mol. The van der Waals surface area contributed by atoms with Crippen molar-refractivity contribution in [2.75, 3.05) is 13.1 Å². The maximum absolute atomic E-state index is 12.8. The van der Waals surface area contributed by atoms with Crippen molar-refractivity contribution in [3.05, 3.63) is 17.0 Å². The van der Waals surface area contributed by atoms with E-state index in [9.17, 15) is 23.1 Å². The lowest BCUT2D eigenvalue weighted by molar-refractivity contribution is -0.141. The van der Waals surface area contributed by atoms with E-state index in [1.165, 1.54) is 11.8 Å². The van der Waals surface area contributed by atoms with Gasteiger partial charge in [-0.1, -0.05) is 0 Å². The number of hydrogen-bond donors (Lipinski definition) is 2. The summed E-state index contributed by atoms with van der Waals surface area (Å²) in [5, 5.41) is 15.3.